The predicted octanol–water partition coefficient (Wildman–Crippen LogP) is 4.89. The number of nitrogens with zero attached hydrogens (tertiary/aromatic N) is 1. The van der Waals surface area contributed by atoms with E-state index >= 15 is 0 Å². The molecule has 0 unspecified atom stereocenters. The maximum atomic E-state index is 9.77. The Morgan fingerprint density at radius 2 is 1.79 bits per heavy atom. The number of ether oxygens (including phenoxy) is 2. The number of benzene rings is 2. The van der Waals surface area contributed by atoms with Gasteiger partial charge < -0.3 is 14.6 Å². The summed E-state index contributed by atoms with van der Waals surface area (Å²) < 4.78 is 11.3. The molecule has 4 nitrogen and oxygen atoms in total. The van der Waals surface area contributed by atoms with E-state index in [1.165, 1.54) is 7.11 Å². The lowest BCUT2D eigenvalue weighted by molar-refractivity contribution is 0.373. The molecule has 0 saturated carbocycles. The zero-order valence-electron chi connectivity index (χ0n) is 13.3. The van der Waals surface area contributed by atoms with Crippen LogP contribution in [0.2, 0.25) is 0 Å². The number of hydrogen-bond acceptors (Lipinski definition) is 4. The number of phenolic OH excluding ortho intramolecular Hbond substituents is 1. The smallest absolute Gasteiger partial charge is 0.161 e. The second kappa shape index (κ2) is 6.93. The number of para-hydroxylation sites is 1. The van der Waals surface area contributed by atoms with Crippen LogP contribution in [0.3, 0.4) is 0 Å². The van der Waals surface area contributed by atoms with Gasteiger partial charge in [-0.05, 0) is 35.9 Å². The quantitative estimate of drug-likeness (QED) is 0.694. The molecule has 0 aliphatic carbocycles. The minimum Gasteiger partial charge on any atom is -0.504 e. The van der Waals surface area contributed by atoms with Crippen LogP contribution in [0.4, 0.5) is 0 Å². The molecule has 5 heteroatoms. The molecule has 1 N–H and O–H groups in total. The van der Waals surface area contributed by atoms with Crippen molar-refractivity contribution in [2.75, 3.05) is 14.2 Å². The van der Waals surface area contributed by atoms with Crippen LogP contribution < -0.4 is 9.47 Å². The van der Waals surface area contributed by atoms with Crippen molar-refractivity contribution in [2.24, 2.45) is 0 Å². The van der Waals surface area contributed by atoms with Crippen molar-refractivity contribution < 1.29 is 14.6 Å². The fourth-order valence-electron chi connectivity index (χ4n) is 2.42. The van der Waals surface area contributed by atoms with E-state index < -0.39 is 0 Å². The highest BCUT2D eigenvalue weighted by Crippen LogP contribution is 2.33. The van der Waals surface area contributed by atoms with Crippen LogP contribution in [0.5, 0.6) is 17.2 Å². The molecule has 3 aromatic rings. The average Bonchev–Trinajstić information content (AvgIpc) is 2.60. The molecule has 0 amide bonds. The fraction of sp³-hybridized carbons (Fsp3) is 0.105. The number of fused-ring (bicyclic) bond motifs is 1. The van der Waals surface area contributed by atoms with Crippen LogP contribution in [-0.2, 0) is 0 Å². The Morgan fingerprint density at radius 3 is 2.54 bits per heavy atom. The Labute approximate surface area is 148 Å². The van der Waals surface area contributed by atoms with Crippen molar-refractivity contribution in [2.45, 2.75) is 0 Å². The number of rotatable bonds is 4. The molecule has 0 bridgehead atoms. The summed E-state index contributed by atoms with van der Waals surface area (Å²) in [5.74, 6) is 1.26. The first kappa shape index (κ1) is 16.3. The van der Waals surface area contributed by atoms with Crippen LogP contribution in [0.1, 0.15) is 11.3 Å². The third kappa shape index (κ3) is 3.21. The van der Waals surface area contributed by atoms with Gasteiger partial charge in [-0.25, -0.2) is 4.98 Å². The van der Waals surface area contributed by atoms with E-state index in [1.54, 1.807) is 19.2 Å². The van der Waals surface area contributed by atoms with Gasteiger partial charge in [0, 0.05) is 9.86 Å². The topological polar surface area (TPSA) is 51.6 Å². The first-order chi connectivity index (χ1) is 11.6. The van der Waals surface area contributed by atoms with E-state index in [2.05, 4.69) is 20.9 Å². The summed E-state index contributed by atoms with van der Waals surface area (Å²) in [6.45, 7) is 0. The lowest BCUT2D eigenvalue weighted by Gasteiger charge is -2.07. The van der Waals surface area contributed by atoms with Crippen LogP contribution in [0.25, 0.3) is 23.1 Å². The van der Waals surface area contributed by atoms with Gasteiger partial charge in [-0.15, -0.1) is 0 Å². The van der Waals surface area contributed by atoms with Gasteiger partial charge in [0.2, 0.25) is 0 Å². The summed E-state index contributed by atoms with van der Waals surface area (Å²) in [5.41, 5.74) is 2.52. The summed E-state index contributed by atoms with van der Waals surface area (Å²) in [7, 11) is 3.16. The van der Waals surface area contributed by atoms with E-state index in [1.807, 2.05) is 42.5 Å². The lowest BCUT2D eigenvalue weighted by Crippen LogP contribution is -1.89. The molecule has 1 aromatic heterocycles. The van der Waals surface area contributed by atoms with Crippen molar-refractivity contribution in [3.63, 3.8) is 0 Å². The maximum Gasteiger partial charge on any atom is 0.161 e. The lowest BCUT2D eigenvalue weighted by atomic mass is 10.1. The molecule has 0 aliphatic heterocycles. The highest BCUT2D eigenvalue weighted by Gasteiger charge is 2.06. The molecular weight excluding hydrogens is 370 g/mol. The molecular formula is C19H16BrNO3. The highest BCUT2D eigenvalue weighted by atomic mass is 79.9. The minimum atomic E-state index is 0.0927. The first-order valence-electron chi connectivity index (χ1n) is 7.30. The van der Waals surface area contributed by atoms with Crippen molar-refractivity contribution in [3.05, 3.63) is 58.2 Å². The molecule has 0 radical (unpaired) electrons. The molecule has 1 heterocycles. The molecule has 0 aliphatic rings. The molecule has 0 atom stereocenters. The Morgan fingerprint density at radius 1 is 1.00 bits per heavy atom. The summed E-state index contributed by atoms with van der Waals surface area (Å²) >= 11 is 3.44. The van der Waals surface area contributed by atoms with Gasteiger partial charge in [-0.3, -0.25) is 0 Å². The number of aromatic nitrogens is 1. The van der Waals surface area contributed by atoms with Crippen LogP contribution in [0, 0.1) is 0 Å². The van der Waals surface area contributed by atoms with E-state index in [4.69, 9.17) is 9.47 Å². The summed E-state index contributed by atoms with van der Waals surface area (Å²) in [5, 5.41) is 10.8. The number of halogens is 1. The normalized spacial score (nSPS) is 11.1. The monoisotopic (exact) mass is 385 g/mol. The second-order valence-corrected chi connectivity index (χ2v) is 6.00. The van der Waals surface area contributed by atoms with Crippen molar-refractivity contribution in [1.29, 1.82) is 0 Å². The SMILES string of the molecule is COc1cc(C=Cc2ccc3cccc(OC)c3n2)c(Br)cc1O. The van der Waals surface area contributed by atoms with Gasteiger partial charge in [-0.2, -0.15) is 0 Å². The third-order valence-corrected chi connectivity index (χ3v) is 4.34. The largest absolute Gasteiger partial charge is 0.504 e. The van der Waals surface area contributed by atoms with Gasteiger partial charge in [0.25, 0.3) is 0 Å². The van der Waals surface area contributed by atoms with Gasteiger partial charge in [0.05, 0.1) is 19.9 Å². The van der Waals surface area contributed by atoms with Gasteiger partial charge >= 0.3 is 0 Å². The standard InChI is InChI=1S/C19H16BrNO3/c1-23-17-5-3-4-12-6-8-14(21-19(12)17)9-7-13-10-18(24-2)16(22)11-15(13)20/h3-11,22H,1-2H3. The van der Waals surface area contributed by atoms with Crippen LogP contribution in [0.15, 0.2) is 46.9 Å². The minimum absolute atomic E-state index is 0.0927. The zero-order chi connectivity index (χ0) is 17.1. The molecule has 0 fully saturated rings. The number of pyridine rings is 1. The Kier molecular flexibility index (Phi) is 4.71. The molecule has 2 aromatic carbocycles. The molecule has 0 spiro atoms. The Bertz CT molecular complexity index is 922. The molecule has 3 rings (SSSR count). The van der Waals surface area contributed by atoms with Gasteiger partial charge in [0.15, 0.2) is 11.5 Å². The summed E-state index contributed by atoms with van der Waals surface area (Å²) in [6, 6.07) is 13.2. The zero-order valence-corrected chi connectivity index (χ0v) is 14.9. The van der Waals surface area contributed by atoms with Crippen LogP contribution >= 0.6 is 15.9 Å². The van der Waals surface area contributed by atoms with Crippen molar-refractivity contribution in [1.82, 2.24) is 4.98 Å². The average molecular weight is 386 g/mol. The Balaban J connectivity index is 1.99. The molecule has 122 valence electrons. The fourth-order valence-corrected chi connectivity index (χ4v) is 2.88. The van der Waals surface area contributed by atoms with Crippen molar-refractivity contribution in [3.8, 4) is 17.2 Å². The first-order valence-corrected chi connectivity index (χ1v) is 8.10. The maximum absolute atomic E-state index is 9.77. The number of hydrogen-bond donors (Lipinski definition) is 1. The molecule has 0 saturated heterocycles. The predicted molar refractivity (Wildman–Crippen MR) is 99.6 cm³/mol. The number of aromatic hydroxyl groups is 1. The second-order valence-electron chi connectivity index (χ2n) is 5.15. The van der Waals surface area contributed by atoms with E-state index in [0.717, 1.165) is 32.4 Å². The van der Waals surface area contributed by atoms with Gasteiger partial charge in [-0.1, -0.05) is 40.2 Å². The Hall–Kier alpha value is -2.53. The highest BCUT2D eigenvalue weighted by molar-refractivity contribution is 9.10. The van der Waals surface area contributed by atoms with Crippen molar-refractivity contribution >= 4 is 39.0 Å². The van der Waals surface area contributed by atoms with Gasteiger partial charge in [0.1, 0.15) is 11.3 Å². The summed E-state index contributed by atoms with van der Waals surface area (Å²) in [4.78, 5) is 4.64. The van der Waals surface area contributed by atoms with E-state index in [9.17, 15) is 5.11 Å². The van der Waals surface area contributed by atoms with Crippen LogP contribution in [-0.4, -0.2) is 24.3 Å². The number of methoxy groups -OCH3 is 2. The number of phenols is 1. The summed E-state index contributed by atoms with van der Waals surface area (Å²) in [6.07, 6.45) is 3.82. The van der Waals surface area contributed by atoms with E-state index in [-0.39, 0.29) is 5.75 Å². The third-order valence-electron chi connectivity index (χ3n) is 3.66. The molecule has 24 heavy (non-hydrogen) atoms. The van der Waals surface area contributed by atoms with E-state index in [0.29, 0.717) is 5.75 Å².